The number of hydrogen-bond donors (Lipinski definition) is 1. The summed E-state index contributed by atoms with van der Waals surface area (Å²) in [7, 11) is 0. The molecule has 3 rings (SSSR count). The van der Waals surface area contributed by atoms with Gasteiger partial charge in [-0.3, -0.25) is 4.79 Å². The molecular weight excluding hydrogens is 358 g/mol. The molecule has 1 aromatic carbocycles. The average molecular weight is 380 g/mol. The van der Waals surface area contributed by atoms with Crippen LogP contribution in [0.1, 0.15) is 36.0 Å². The summed E-state index contributed by atoms with van der Waals surface area (Å²) in [6.07, 6.45) is 1.52. The SMILES string of the molecule is O=C1CCCN1CC(NCc1ccc(CSC(F)F)o1)c1ccccc1. The number of nitrogens with zero attached hydrogens (tertiary/aromatic N) is 1. The van der Waals surface area contributed by atoms with Crippen LogP contribution in [0, 0.1) is 0 Å². The van der Waals surface area contributed by atoms with Gasteiger partial charge in [0.25, 0.3) is 5.76 Å². The molecule has 2 heterocycles. The van der Waals surface area contributed by atoms with Gasteiger partial charge in [0.15, 0.2) is 0 Å². The first-order chi connectivity index (χ1) is 12.6. The number of benzene rings is 1. The maximum absolute atomic E-state index is 12.3. The molecule has 0 aliphatic carbocycles. The quantitative estimate of drug-likeness (QED) is 0.709. The molecular formula is C19H22F2N2O2S. The zero-order valence-corrected chi connectivity index (χ0v) is 15.2. The van der Waals surface area contributed by atoms with Crippen LogP contribution in [0.25, 0.3) is 0 Å². The summed E-state index contributed by atoms with van der Waals surface area (Å²) in [6.45, 7) is 1.87. The van der Waals surface area contributed by atoms with Crippen LogP contribution in [0.3, 0.4) is 0 Å². The van der Waals surface area contributed by atoms with Gasteiger partial charge in [-0.2, -0.15) is 8.78 Å². The molecule has 2 aromatic rings. The molecule has 0 radical (unpaired) electrons. The van der Waals surface area contributed by atoms with Crippen molar-refractivity contribution < 1.29 is 18.0 Å². The van der Waals surface area contributed by atoms with Gasteiger partial charge in [-0.25, -0.2) is 0 Å². The molecule has 1 aliphatic heterocycles. The molecule has 1 unspecified atom stereocenters. The van der Waals surface area contributed by atoms with Crippen molar-refractivity contribution in [1.29, 1.82) is 0 Å². The van der Waals surface area contributed by atoms with Crippen LogP contribution in [0.4, 0.5) is 8.78 Å². The van der Waals surface area contributed by atoms with E-state index in [-0.39, 0.29) is 17.7 Å². The molecule has 0 bridgehead atoms. The predicted octanol–water partition coefficient (Wildman–Crippen LogP) is 4.19. The molecule has 1 aromatic heterocycles. The minimum atomic E-state index is -2.40. The van der Waals surface area contributed by atoms with Crippen LogP contribution >= 0.6 is 11.8 Å². The minimum absolute atomic E-state index is 0.0118. The van der Waals surface area contributed by atoms with Crippen molar-refractivity contribution in [3.8, 4) is 0 Å². The summed E-state index contributed by atoms with van der Waals surface area (Å²) in [5.74, 6) is -0.817. The van der Waals surface area contributed by atoms with E-state index in [0.29, 0.717) is 42.8 Å². The highest BCUT2D eigenvalue weighted by atomic mass is 32.2. The summed E-state index contributed by atoms with van der Waals surface area (Å²) < 4.78 is 30.2. The predicted molar refractivity (Wildman–Crippen MR) is 97.8 cm³/mol. The molecule has 1 aliphatic rings. The highest BCUT2D eigenvalue weighted by Crippen LogP contribution is 2.22. The number of rotatable bonds is 9. The zero-order chi connectivity index (χ0) is 18.4. The van der Waals surface area contributed by atoms with E-state index in [0.717, 1.165) is 18.5 Å². The van der Waals surface area contributed by atoms with E-state index < -0.39 is 5.76 Å². The summed E-state index contributed by atoms with van der Waals surface area (Å²) >= 11 is 0.549. The number of thioether (sulfide) groups is 1. The first kappa shape index (κ1) is 18.9. The van der Waals surface area contributed by atoms with Crippen LogP contribution < -0.4 is 5.32 Å². The Labute approximate surface area is 155 Å². The summed E-state index contributed by atoms with van der Waals surface area (Å²) in [4.78, 5) is 13.8. The van der Waals surface area contributed by atoms with Crippen molar-refractivity contribution >= 4 is 17.7 Å². The second kappa shape index (κ2) is 9.19. The molecule has 7 heteroatoms. The maximum Gasteiger partial charge on any atom is 0.284 e. The number of likely N-dealkylation sites (tertiary alicyclic amines) is 1. The van der Waals surface area contributed by atoms with Crippen molar-refractivity contribution in [3.05, 3.63) is 59.5 Å². The molecule has 0 saturated carbocycles. The molecule has 1 amide bonds. The van der Waals surface area contributed by atoms with Crippen molar-refractivity contribution in [3.63, 3.8) is 0 Å². The topological polar surface area (TPSA) is 45.5 Å². The fourth-order valence-electron chi connectivity index (χ4n) is 3.05. The third-order valence-corrected chi connectivity index (χ3v) is 5.07. The molecule has 140 valence electrons. The van der Waals surface area contributed by atoms with Crippen LogP contribution in [0.2, 0.25) is 0 Å². The van der Waals surface area contributed by atoms with Gasteiger partial charge in [-0.05, 0) is 24.1 Å². The Balaban J connectivity index is 1.61. The lowest BCUT2D eigenvalue weighted by atomic mass is 10.1. The lowest BCUT2D eigenvalue weighted by molar-refractivity contribution is -0.128. The van der Waals surface area contributed by atoms with Gasteiger partial charge in [0.05, 0.1) is 18.3 Å². The van der Waals surface area contributed by atoms with Crippen LogP contribution in [-0.2, 0) is 17.1 Å². The highest BCUT2D eigenvalue weighted by molar-refractivity contribution is 7.98. The second-order valence-electron chi connectivity index (χ2n) is 6.23. The van der Waals surface area contributed by atoms with E-state index in [2.05, 4.69) is 5.32 Å². The third-order valence-electron chi connectivity index (χ3n) is 4.37. The van der Waals surface area contributed by atoms with Gasteiger partial charge in [0.2, 0.25) is 5.91 Å². The van der Waals surface area contributed by atoms with E-state index in [9.17, 15) is 13.6 Å². The van der Waals surface area contributed by atoms with E-state index in [1.807, 2.05) is 35.2 Å². The van der Waals surface area contributed by atoms with Crippen molar-refractivity contribution in [1.82, 2.24) is 10.2 Å². The molecule has 0 spiro atoms. The highest BCUT2D eigenvalue weighted by Gasteiger charge is 2.24. The largest absolute Gasteiger partial charge is 0.464 e. The van der Waals surface area contributed by atoms with Crippen molar-refractivity contribution in [2.24, 2.45) is 0 Å². The number of hydrogen-bond acceptors (Lipinski definition) is 4. The lowest BCUT2D eigenvalue weighted by Gasteiger charge is -2.25. The van der Waals surface area contributed by atoms with E-state index >= 15 is 0 Å². The first-order valence-electron chi connectivity index (χ1n) is 8.65. The van der Waals surface area contributed by atoms with Crippen molar-refractivity contribution in [2.75, 3.05) is 13.1 Å². The molecule has 1 fully saturated rings. The Morgan fingerprint density at radius 2 is 1.92 bits per heavy atom. The average Bonchev–Trinajstić information content (AvgIpc) is 3.26. The van der Waals surface area contributed by atoms with Crippen molar-refractivity contribution in [2.45, 2.75) is 36.9 Å². The van der Waals surface area contributed by atoms with E-state index in [1.165, 1.54) is 0 Å². The van der Waals surface area contributed by atoms with Gasteiger partial charge < -0.3 is 14.6 Å². The van der Waals surface area contributed by atoms with Gasteiger partial charge in [-0.1, -0.05) is 42.1 Å². The Hall–Kier alpha value is -1.86. The zero-order valence-electron chi connectivity index (χ0n) is 14.4. The molecule has 26 heavy (non-hydrogen) atoms. The monoisotopic (exact) mass is 380 g/mol. The second-order valence-corrected chi connectivity index (χ2v) is 7.21. The summed E-state index contributed by atoms with van der Waals surface area (Å²) in [6, 6.07) is 13.5. The maximum atomic E-state index is 12.3. The molecule has 4 nitrogen and oxygen atoms in total. The van der Waals surface area contributed by atoms with Gasteiger partial charge >= 0.3 is 0 Å². The van der Waals surface area contributed by atoms with E-state index in [1.54, 1.807) is 12.1 Å². The number of nitrogens with one attached hydrogen (secondary N) is 1. The Kier molecular flexibility index (Phi) is 6.68. The van der Waals surface area contributed by atoms with Gasteiger partial charge in [0, 0.05) is 19.5 Å². The first-order valence-corrected chi connectivity index (χ1v) is 9.70. The summed E-state index contributed by atoms with van der Waals surface area (Å²) in [5.41, 5.74) is 1.10. The number of halogens is 2. The van der Waals surface area contributed by atoms with Crippen LogP contribution in [0.15, 0.2) is 46.9 Å². The van der Waals surface area contributed by atoms with Crippen LogP contribution in [-0.4, -0.2) is 29.7 Å². The van der Waals surface area contributed by atoms with Crippen LogP contribution in [0.5, 0.6) is 0 Å². The Morgan fingerprint density at radius 1 is 1.15 bits per heavy atom. The number of carbonyl (C=O) groups excluding carboxylic acids is 1. The number of carbonyl (C=O) groups is 1. The fraction of sp³-hybridized carbons (Fsp3) is 0.421. The molecule has 1 N–H and O–H groups in total. The van der Waals surface area contributed by atoms with Gasteiger partial charge in [-0.15, -0.1) is 0 Å². The normalized spacial score (nSPS) is 15.8. The van der Waals surface area contributed by atoms with E-state index in [4.69, 9.17) is 4.42 Å². The molecule has 1 atom stereocenters. The number of furan rings is 1. The lowest BCUT2D eigenvalue weighted by Crippen LogP contribution is -2.35. The number of amides is 1. The summed E-state index contributed by atoms with van der Waals surface area (Å²) in [5, 5.41) is 3.44. The third kappa shape index (κ3) is 5.32. The minimum Gasteiger partial charge on any atom is -0.464 e. The Morgan fingerprint density at radius 3 is 2.62 bits per heavy atom. The number of alkyl halides is 2. The molecule has 1 saturated heterocycles. The fourth-order valence-corrected chi connectivity index (χ4v) is 3.50. The standard InChI is InChI=1S/C19H22F2N2O2S/c20-19(21)26-13-16-9-8-15(25-16)11-22-17(14-5-2-1-3-6-14)12-23-10-4-7-18(23)24/h1-3,5-6,8-9,17,19,22H,4,7,10-13H2. The van der Waals surface area contributed by atoms with Gasteiger partial charge in [0.1, 0.15) is 11.5 Å². The smallest absolute Gasteiger partial charge is 0.284 e. The Bertz CT molecular complexity index is 709.